The van der Waals surface area contributed by atoms with Gasteiger partial charge in [0, 0.05) is 57.2 Å². The number of amides is 3. The Hall–Kier alpha value is -3.50. The maximum absolute atomic E-state index is 13.6. The zero-order valence-corrected chi connectivity index (χ0v) is 21.7. The van der Waals surface area contributed by atoms with Gasteiger partial charge in [0.2, 0.25) is 11.9 Å². The maximum atomic E-state index is 13.6. The molecule has 11 heteroatoms. The van der Waals surface area contributed by atoms with Gasteiger partial charge in [-0.1, -0.05) is 26.2 Å². The van der Waals surface area contributed by atoms with Crippen molar-refractivity contribution in [1.82, 2.24) is 34.9 Å². The van der Waals surface area contributed by atoms with Crippen molar-refractivity contribution < 1.29 is 14.4 Å². The third-order valence-corrected chi connectivity index (χ3v) is 7.83. The van der Waals surface area contributed by atoms with Gasteiger partial charge in [-0.3, -0.25) is 19.1 Å². The molecule has 2 aromatic heterocycles. The number of rotatable bonds is 7. The number of hydrogen-bond donors (Lipinski definition) is 1. The van der Waals surface area contributed by atoms with Gasteiger partial charge in [0.15, 0.2) is 5.69 Å². The third kappa shape index (κ3) is 4.91. The highest BCUT2D eigenvalue weighted by Gasteiger charge is 2.48. The molecule has 1 N–H and O–H groups in total. The van der Waals surface area contributed by atoms with Crippen LogP contribution in [0.15, 0.2) is 24.5 Å². The molecule has 1 aliphatic carbocycles. The standard InChI is InChI=1S/C26H36N8O3/c1-3-4-12-33-23(36)21-17-20(22(35)31-13-15-32(16-14-31)25-27-10-7-11-28-25)30-34(21)18-26(33,2)24(37)29-19-8-5-6-9-19/h7,10-11,17,19H,3-6,8-9,12-16,18H2,1-2H3,(H,29,37). The molecule has 198 valence electrons. The first-order valence-electron chi connectivity index (χ1n) is 13.4. The van der Waals surface area contributed by atoms with Crippen LogP contribution in [-0.4, -0.2) is 91.6 Å². The summed E-state index contributed by atoms with van der Waals surface area (Å²) >= 11 is 0. The van der Waals surface area contributed by atoms with Gasteiger partial charge in [-0.05, 0) is 32.3 Å². The molecule has 0 aromatic carbocycles. The summed E-state index contributed by atoms with van der Waals surface area (Å²) in [6, 6.07) is 3.52. The van der Waals surface area contributed by atoms with Crippen molar-refractivity contribution in [3.8, 4) is 0 Å². The summed E-state index contributed by atoms with van der Waals surface area (Å²) in [6.07, 6.45) is 9.29. The molecule has 2 aromatic rings. The SMILES string of the molecule is CCCCN1C(=O)c2cc(C(=O)N3CCN(c4ncccn4)CC3)nn2CC1(C)C(=O)NC1CCCC1. The number of nitrogens with zero attached hydrogens (tertiary/aromatic N) is 7. The molecule has 4 heterocycles. The summed E-state index contributed by atoms with van der Waals surface area (Å²) in [7, 11) is 0. The fourth-order valence-corrected chi connectivity index (χ4v) is 5.55. The van der Waals surface area contributed by atoms with Crippen molar-refractivity contribution in [3.05, 3.63) is 35.9 Å². The molecule has 0 radical (unpaired) electrons. The molecule has 3 aliphatic rings. The quantitative estimate of drug-likeness (QED) is 0.605. The Morgan fingerprint density at radius 1 is 1.11 bits per heavy atom. The second-order valence-electron chi connectivity index (χ2n) is 10.4. The normalized spacial score (nSPS) is 22.3. The Labute approximate surface area is 217 Å². The van der Waals surface area contributed by atoms with Gasteiger partial charge in [0.1, 0.15) is 11.2 Å². The van der Waals surface area contributed by atoms with E-state index >= 15 is 0 Å². The van der Waals surface area contributed by atoms with Crippen LogP contribution < -0.4 is 10.2 Å². The second-order valence-corrected chi connectivity index (χ2v) is 10.4. The van der Waals surface area contributed by atoms with Crippen LogP contribution in [0.4, 0.5) is 5.95 Å². The fraction of sp³-hybridized carbons (Fsp3) is 0.615. The smallest absolute Gasteiger partial charge is 0.274 e. The molecule has 3 amide bonds. The number of piperazine rings is 1. The Balaban J connectivity index is 1.33. The van der Waals surface area contributed by atoms with E-state index in [1.165, 1.54) is 0 Å². The molecule has 0 spiro atoms. The number of unbranched alkanes of at least 4 members (excludes halogenated alkanes) is 1. The van der Waals surface area contributed by atoms with Crippen LogP contribution >= 0.6 is 0 Å². The van der Waals surface area contributed by atoms with Crippen LogP contribution in [0.5, 0.6) is 0 Å². The summed E-state index contributed by atoms with van der Waals surface area (Å²) < 4.78 is 1.56. The Morgan fingerprint density at radius 2 is 1.81 bits per heavy atom. The minimum atomic E-state index is -1.06. The number of nitrogens with one attached hydrogen (secondary N) is 1. The Bertz CT molecular complexity index is 1140. The molecule has 11 nitrogen and oxygen atoms in total. The van der Waals surface area contributed by atoms with E-state index in [0.717, 1.165) is 38.5 Å². The number of carbonyl (C=O) groups is 3. The van der Waals surface area contributed by atoms with Crippen LogP contribution in [0.2, 0.25) is 0 Å². The molecular weight excluding hydrogens is 472 g/mol. The molecular formula is C26H36N8O3. The van der Waals surface area contributed by atoms with Crippen molar-refractivity contribution in [2.45, 2.75) is 70.5 Å². The summed E-state index contributed by atoms with van der Waals surface area (Å²) in [5, 5.41) is 7.72. The monoisotopic (exact) mass is 508 g/mol. The maximum Gasteiger partial charge on any atom is 0.274 e. The lowest BCUT2D eigenvalue weighted by Crippen LogP contribution is -2.65. The van der Waals surface area contributed by atoms with E-state index in [1.54, 1.807) is 39.0 Å². The zero-order valence-electron chi connectivity index (χ0n) is 21.7. The molecule has 1 unspecified atom stereocenters. The lowest BCUT2D eigenvalue weighted by Gasteiger charge is -2.43. The summed E-state index contributed by atoms with van der Waals surface area (Å²) in [6.45, 7) is 6.86. The van der Waals surface area contributed by atoms with Gasteiger partial charge in [-0.15, -0.1) is 0 Å². The van der Waals surface area contributed by atoms with E-state index in [4.69, 9.17) is 0 Å². The van der Waals surface area contributed by atoms with Gasteiger partial charge in [0.05, 0.1) is 6.54 Å². The number of hydrogen-bond acceptors (Lipinski definition) is 7. The summed E-state index contributed by atoms with van der Waals surface area (Å²) in [5.74, 6) is 0.0547. The van der Waals surface area contributed by atoms with Gasteiger partial charge < -0.3 is 20.0 Å². The van der Waals surface area contributed by atoms with Crippen molar-refractivity contribution in [2.75, 3.05) is 37.6 Å². The second kappa shape index (κ2) is 10.5. The minimum Gasteiger partial charge on any atom is -0.351 e. The van der Waals surface area contributed by atoms with Crippen molar-refractivity contribution in [1.29, 1.82) is 0 Å². The van der Waals surface area contributed by atoms with Gasteiger partial charge in [-0.2, -0.15) is 5.10 Å². The van der Waals surface area contributed by atoms with Crippen LogP contribution in [-0.2, 0) is 11.3 Å². The van der Waals surface area contributed by atoms with Crippen LogP contribution in [0, 0.1) is 0 Å². The zero-order chi connectivity index (χ0) is 26.0. The summed E-state index contributed by atoms with van der Waals surface area (Å²) in [5.41, 5.74) is -0.458. The lowest BCUT2D eigenvalue weighted by atomic mass is 9.94. The van der Waals surface area contributed by atoms with E-state index in [2.05, 4.69) is 27.3 Å². The Morgan fingerprint density at radius 3 is 2.49 bits per heavy atom. The topological polar surface area (TPSA) is 117 Å². The highest BCUT2D eigenvalue weighted by atomic mass is 16.2. The van der Waals surface area contributed by atoms with Gasteiger partial charge in [-0.25, -0.2) is 9.97 Å². The van der Waals surface area contributed by atoms with E-state index in [0.29, 0.717) is 44.4 Å². The predicted octanol–water partition coefficient (Wildman–Crippen LogP) is 1.71. The molecule has 37 heavy (non-hydrogen) atoms. The highest BCUT2D eigenvalue weighted by molar-refractivity contribution is 6.02. The van der Waals surface area contributed by atoms with Crippen LogP contribution in [0.3, 0.4) is 0 Å². The highest BCUT2D eigenvalue weighted by Crippen LogP contribution is 2.29. The molecule has 2 fully saturated rings. The Kier molecular flexibility index (Phi) is 7.12. The first-order valence-corrected chi connectivity index (χ1v) is 13.4. The van der Waals surface area contributed by atoms with Crippen molar-refractivity contribution >= 4 is 23.7 Å². The average Bonchev–Trinajstić information content (AvgIpc) is 3.59. The molecule has 5 rings (SSSR count). The first kappa shape index (κ1) is 25.2. The van der Waals surface area contributed by atoms with Crippen LogP contribution in [0.25, 0.3) is 0 Å². The van der Waals surface area contributed by atoms with Crippen molar-refractivity contribution in [3.63, 3.8) is 0 Å². The predicted molar refractivity (Wildman–Crippen MR) is 137 cm³/mol. The number of fused-ring (bicyclic) bond motifs is 1. The van der Waals surface area contributed by atoms with E-state index in [1.807, 2.05) is 11.8 Å². The van der Waals surface area contributed by atoms with E-state index in [9.17, 15) is 14.4 Å². The van der Waals surface area contributed by atoms with Gasteiger partial charge in [0.25, 0.3) is 11.8 Å². The largest absolute Gasteiger partial charge is 0.351 e. The van der Waals surface area contributed by atoms with Crippen molar-refractivity contribution in [2.24, 2.45) is 0 Å². The van der Waals surface area contributed by atoms with Crippen LogP contribution in [0.1, 0.15) is 73.3 Å². The average molecular weight is 509 g/mol. The third-order valence-electron chi connectivity index (χ3n) is 7.83. The van der Waals surface area contributed by atoms with E-state index < -0.39 is 5.54 Å². The summed E-state index contributed by atoms with van der Waals surface area (Å²) in [4.78, 5) is 54.5. The fourth-order valence-electron chi connectivity index (χ4n) is 5.55. The number of anilines is 1. The number of aromatic nitrogens is 4. The molecule has 1 atom stereocenters. The molecule has 2 aliphatic heterocycles. The minimum absolute atomic E-state index is 0.142. The van der Waals surface area contributed by atoms with E-state index in [-0.39, 0.29) is 36.0 Å². The lowest BCUT2D eigenvalue weighted by molar-refractivity contribution is -0.133. The van der Waals surface area contributed by atoms with Gasteiger partial charge >= 0.3 is 0 Å². The molecule has 0 bridgehead atoms. The molecule has 1 saturated heterocycles. The number of carbonyl (C=O) groups excluding carboxylic acids is 3. The first-order chi connectivity index (χ1) is 17.9. The molecule has 1 saturated carbocycles.